The highest BCUT2D eigenvalue weighted by atomic mass is 19.1. The molecule has 0 saturated carbocycles. The molecule has 4 aromatic rings. The lowest BCUT2D eigenvalue weighted by atomic mass is 9.76. The maximum absolute atomic E-state index is 15.5. The number of nitrogens with one attached hydrogen (secondary N) is 7. The Kier molecular flexibility index (Phi) is 27.0. The molecular formula is C61H82F2N10O14. The number of halogens is 2. The number of hydrogen-bond donors (Lipinski definition) is 11. The molecule has 0 saturated heterocycles. The van der Waals surface area contributed by atoms with Crippen LogP contribution in [0, 0.1) is 28.9 Å². The first-order valence-electron chi connectivity index (χ1n) is 28.4. The van der Waals surface area contributed by atoms with E-state index in [4.69, 9.17) is 10.5 Å². The van der Waals surface area contributed by atoms with Gasteiger partial charge >= 0.3 is 18.0 Å². The van der Waals surface area contributed by atoms with E-state index in [1.165, 1.54) is 11.8 Å². The maximum atomic E-state index is 15.5. The van der Waals surface area contributed by atoms with Crippen molar-refractivity contribution >= 4 is 59.4 Å². The van der Waals surface area contributed by atoms with E-state index in [0.29, 0.717) is 11.3 Å². The fourth-order valence-corrected chi connectivity index (χ4v) is 9.72. The number of carboxylic acid groups (broad SMARTS) is 2. The van der Waals surface area contributed by atoms with Crippen molar-refractivity contribution in [1.29, 1.82) is 0 Å². The number of ether oxygens (including phenoxy) is 1. The van der Waals surface area contributed by atoms with Crippen molar-refractivity contribution in [3.05, 3.63) is 120 Å². The minimum Gasteiger partial charge on any atom is -0.481 e. The number of benzene rings is 3. The summed E-state index contributed by atoms with van der Waals surface area (Å²) in [4.78, 5) is 133. The first kappa shape index (κ1) is 70.7. The van der Waals surface area contributed by atoms with Gasteiger partial charge in [-0.1, -0.05) is 102 Å². The molecule has 4 rings (SSSR count). The molecule has 0 aliphatic rings. The zero-order valence-electron chi connectivity index (χ0n) is 50.2. The number of nitrogens with two attached hydrogens (primary N) is 1. The second-order valence-electron chi connectivity index (χ2n) is 22.9. The number of carboxylic acids is 2. The summed E-state index contributed by atoms with van der Waals surface area (Å²) in [6.45, 7) is 12.2. The Balaban J connectivity index is 1.68. The molecule has 3 aromatic carbocycles. The predicted octanol–water partition coefficient (Wildman–Crippen LogP) is 3.64. The van der Waals surface area contributed by atoms with Crippen LogP contribution in [0.2, 0.25) is 0 Å². The summed E-state index contributed by atoms with van der Waals surface area (Å²) in [6, 6.07) is 14.2. The standard InChI is InChI=1S/C61H82F2N10O14/c1-36(2)37(3)61(8,23-21-52(78)79)67-31-50(76)65-24-25-66-56(83)45(69-57(84)46(29-49(64)75)71-58(85)47(30-53(80)81)70-55(82)38(4)68-59(86)87-35-40-17-13-10-14-18-40)22-26-73(51(77)34-74)54(60(5,6)7)48-27-41(43-28-42(62)19-20-44(43)63)33-72(48)32-39-15-11-9-12-16-39/h9-20,27-28,33,36-38,45-47,54,67,74H,21-26,29-32,34-35H2,1-8H3,(H2,64,75)(H,65,76)(H,66,83)(H,68,86)(H,69,84)(H,70,82)(H,71,85)(H,78,79)(H,80,81)/t37?,38-,45-,46-,47-,54-,61?/m0/s1. The predicted molar refractivity (Wildman–Crippen MR) is 315 cm³/mol. The monoisotopic (exact) mass is 1220 g/mol. The van der Waals surface area contributed by atoms with Crippen LogP contribution in [0.25, 0.3) is 11.1 Å². The van der Waals surface area contributed by atoms with Gasteiger partial charge in [0.2, 0.25) is 41.4 Å². The summed E-state index contributed by atoms with van der Waals surface area (Å²) in [6.07, 6.45) is -1.83. The Morgan fingerprint density at radius 2 is 1.29 bits per heavy atom. The third-order valence-electron chi connectivity index (χ3n) is 14.8. The van der Waals surface area contributed by atoms with Crippen molar-refractivity contribution < 1.29 is 76.8 Å². The van der Waals surface area contributed by atoms with Crippen molar-refractivity contribution in [3.63, 3.8) is 0 Å². The number of aliphatic hydroxyl groups excluding tert-OH is 1. The SMILES string of the molecule is CC(C)C(C)C(C)(CCC(=O)O)NCC(=O)NCCNC(=O)[C@H](CCN(C(=O)CO)[C@@H](c1cc(-c2cc(F)ccc2F)cn1Cc1ccccc1)C(C)(C)C)NC(=O)[C@H](CC(N)=O)NC(=O)[C@H](CC(=O)O)NC(=O)[C@H](C)NC(=O)OCc1ccccc1. The van der Waals surface area contributed by atoms with Crippen molar-refractivity contribution in [2.24, 2.45) is 23.0 Å². The van der Waals surface area contributed by atoms with Gasteiger partial charge in [0.05, 0.1) is 25.4 Å². The van der Waals surface area contributed by atoms with E-state index in [0.717, 1.165) is 23.8 Å². The number of carbonyl (C=O) groups excluding carboxylic acids is 8. The molecule has 0 spiro atoms. The normalized spacial score (nSPS) is 14.1. The van der Waals surface area contributed by atoms with E-state index >= 15 is 4.39 Å². The molecule has 1 heterocycles. The smallest absolute Gasteiger partial charge is 0.408 e. The highest BCUT2D eigenvalue weighted by Gasteiger charge is 2.39. The van der Waals surface area contributed by atoms with Crippen LogP contribution < -0.4 is 43.0 Å². The van der Waals surface area contributed by atoms with Gasteiger partial charge < -0.3 is 72.5 Å². The lowest BCUT2D eigenvalue weighted by molar-refractivity contribution is -0.141. The Morgan fingerprint density at radius 3 is 1.86 bits per heavy atom. The lowest BCUT2D eigenvalue weighted by Crippen LogP contribution is -2.59. The van der Waals surface area contributed by atoms with Gasteiger partial charge in [0.25, 0.3) is 0 Å². The Bertz CT molecular complexity index is 3030. The third-order valence-corrected chi connectivity index (χ3v) is 14.8. The molecule has 2 unspecified atom stereocenters. The van der Waals surface area contributed by atoms with Crippen LogP contribution in [-0.2, 0) is 61.0 Å². The Labute approximate surface area is 504 Å². The third kappa shape index (κ3) is 22.5. The fourth-order valence-electron chi connectivity index (χ4n) is 9.72. The zero-order valence-corrected chi connectivity index (χ0v) is 50.2. The van der Waals surface area contributed by atoms with Gasteiger partial charge in [-0.2, -0.15) is 0 Å². The topological polar surface area (TPSA) is 359 Å². The van der Waals surface area contributed by atoms with Crippen molar-refractivity contribution in [2.45, 2.75) is 136 Å². The van der Waals surface area contributed by atoms with E-state index in [1.807, 2.05) is 45.9 Å². The quantitative estimate of drug-likeness (QED) is 0.0298. The lowest BCUT2D eigenvalue weighted by Gasteiger charge is -2.41. The van der Waals surface area contributed by atoms with E-state index in [2.05, 4.69) is 37.2 Å². The Hall–Kier alpha value is -8.78. The fraction of sp³-hybridized carbons (Fsp3) is 0.475. The first-order chi connectivity index (χ1) is 40.9. The molecule has 87 heavy (non-hydrogen) atoms. The van der Waals surface area contributed by atoms with Gasteiger partial charge in [-0.3, -0.25) is 43.2 Å². The molecule has 0 fully saturated rings. The summed E-state index contributed by atoms with van der Waals surface area (Å²) >= 11 is 0. The van der Waals surface area contributed by atoms with Crippen LogP contribution in [0.4, 0.5) is 13.6 Å². The number of aliphatic carboxylic acids is 2. The average molecular weight is 1220 g/mol. The molecule has 12 N–H and O–H groups in total. The number of alkyl carbamates (subject to hydrolysis) is 1. The summed E-state index contributed by atoms with van der Waals surface area (Å²) in [7, 11) is 0. The summed E-state index contributed by atoms with van der Waals surface area (Å²) in [5.41, 5.74) is 5.82. The summed E-state index contributed by atoms with van der Waals surface area (Å²) in [5, 5.41) is 47.4. The van der Waals surface area contributed by atoms with E-state index in [-0.39, 0.29) is 68.6 Å². The van der Waals surface area contributed by atoms with Crippen LogP contribution >= 0.6 is 0 Å². The summed E-state index contributed by atoms with van der Waals surface area (Å²) in [5.74, 6) is -11.0. The molecule has 0 aliphatic heterocycles. The van der Waals surface area contributed by atoms with Crippen LogP contribution in [0.1, 0.15) is 110 Å². The molecule has 0 aliphatic carbocycles. The molecule has 26 heteroatoms. The van der Waals surface area contributed by atoms with Gasteiger partial charge in [0.1, 0.15) is 49.0 Å². The molecule has 24 nitrogen and oxygen atoms in total. The second-order valence-corrected chi connectivity index (χ2v) is 22.9. The minimum absolute atomic E-state index is 0.0515. The van der Waals surface area contributed by atoms with Gasteiger partial charge in [0.15, 0.2) is 0 Å². The van der Waals surface area contributed by atoms with Crippen LogP contribution in [0.3, 0.4) is 0 Å². The van der Waals surface area contributed by atoms with E-state index < -0.39 is 145 Å². The zero-order chi connectivity index (χ0) is 64.8. The van der Waals surface area contributed by atoms with Crippen LogP contribution in [0.5, 0.6) is 0 Å². The van der Waals surface area contributed by atoms with Crippen molar-refractivity contribution in [1.82, 2.24) is 46.7 Å². The number of aromatic nitrogens is 1. The van der Waals surface area contributed by atoms with Crippen LogP contribution in [-0.4, -0.2) is 147 Å². The van der Waals surface area contributed by atoms with Gasteiger partial charge in [-0.05, 0) is 79.3 Å². The number of amides is 8. The van der Waals surface area contributed by atoms with Gasteiger partial charge in [-0.15, -0.1) is 0 Å². The molecule has 8 amide bonds. The molecule has 474 valence electrons. The number of primary amides is 1. The molecule has 0 bridgehead atoms. The second kappa shape index (κ2) is 33.2. The minimum atomic E-state index is -1.95. The molecule has 0 radical (unpaired) electrons. The number of rotatable bonds is 34. The highest BCUT2D eigenvalue weighted by Crippen LogP contribution is 2.41. The van der Waals surface area contributed by atoms with Crippen LogP contribution in [0.15, 0.2) is 91.1 Å². The van der Waals surface area contributed by atoms with Crippen molar-refractivity contribution in [3.8, 4) is 11.1 Å². The number of hydrogen-bond acceptors (Lipinski definition) is 13. The number of aliphatic hydroxyl groups is 1. The Morgan fingerprint density at radius 1 is 0.701 bits per heavy atom. The van der Waals surface area contributed by atoms with E-state index in [9.17, 15) is 67.7 Å². The highest BCUT2D eigenvalue weighted by molar-refractivity contribution is 5.98. The molecule has 1 aromatic heterocycles. The number of nitrogens with zero attached hydrogens (tertiary/aromatic N) is 2. The van der Waals surface area contributed by atoms with E-state index in [1.54, 1.807) is 80.1 Å². The average Bonchev–Trinajstić information content (AvgIpc) is 1.96. The maximum Gasteiger partial charge on any atom is 0.408 e. The number of carbonyl (C=O) groups is 10. The van der Waals surface area contributed by atoms with Gasteiger partial charge in [-0.25, -0.2) is 13.6 Å². The molecular weight excluding hydrogens is 1130 g/mol. The van der Waals surface area contributed by atoms with Gasteiger partial charge in [0, 0.05) is 61.2 Å². The first-order valence-corrected chi connectivity index (χ1v) is 28.4. The largest absolute Gasteiger partial charge is 0.481 e. The summed E-state index contributed by atoms with van der Waals surface area (Å²) < 4.78 is 37.1. The van der Waals surface area contributed by atoms with Crippen molar-refractivity contribution in [2.75, 3.05) is 32.8 Å². The molecule has 7 atom stereocenters.